The minimum Gasteiger partial charge on any atom is -1.00 e. The molecule has 49 heavy (non-hydrogen) atoms. The van der Waals surface area contributed by atoms with Crippen molar-refractivity contribution in [2.45, 2.75) is 246 Å². The predicted octanol–water partition coefficient (Wildman–Crippen LogP) is 11.2. The Morgan fingerprint density at radius 1 is 0.306 bits per heavy atom. The summed E-state index contributed by atoms with van der Waals surface area (Å²) in [6, 6.07) is 0. The van der Waals surface area contributed by atoms with Gasteiger partial charge in [0.05, 0.1) is 0 Å². The molecule has 0 bridgehead atoms. The van der Waals surface area contributed by atoms with Crippen LogP contribution in [0.15, 0.2) is 36.5 Å². The zero-order valence-corrected chi connectivity index (χ0v) is 37.7. The first kappa shape index (κ1) is 58.7. The van der Waals surface area contributed by atoms with E-state index in [2.05, 4.69) is 50.3 Å². The fourth-order valence-corrected chi connectivity index (χ4v) is 6.05. The van der Waals surface area contributed by atoms with Gasteiger partial charge in [-0.3, -0.25) is 12.2 Å². The topological polar surface area (TPSA) is 0 Å². The number of rotatable bonds is 36. The monoisotopic (exact) mass is 799 g/mol. The van der Waals surface area contributed by atoms with Crippen molar-refractivity contribution in [2.24, 2.45) is 0 Å². The second-order valence-corrected chi connectivity index (χ2v) is 13.9. The average Bonchev–Trinajstić information content (AvgIpc) is 3.07. The Bertz CT molecular complexity index is 571. The van der Waals surface area contributed by atoms with E-state index >= 15 is 0 Å². The van der Waals surface area contributed by atoms with Crippen molar-refractivity contribution in [3.63, 3.8) is 0 Å². The van der Waals surface area contributed by atoms with Gasteiger partial charge in [0.25, 0.3) is 0 Å². The van der Waals surface area contributed by atoms with Crippen molar-refractivity contribution in [2.75, 3.05) is 0 Å². The summed E-state index contributed by atoms with van der Waals surface area (Å²) in [7, 11) is 0. The summed E-state index contributed by atoms with van der Waals surface area (Å²) >= 11 is 0. The Kier molecular flexibility index (Phi) is 72.5. The van der Waals surface area contributed by atoms with Crippen LogP contribution in [-0.2, 0) is 26.2 Å². The minimum absolute atomic E-state index is 0. The summed E-state index contributed by atoms with van der Waals surface area (Å²) < 4.78 is 0. The Hall–Kier alpha value is 0.423. The van der Waals surface area contributed by atoms with E-state index in [1.807, 2.05) is 26.0 Å². The van der Waals surface area contributed by atoms with Gasteiger partial charge in [-0.1, -0.05) is 233 Å². The third-order valence-electron chi connectivity index (χ3n) is 9.16. The van der Waals surface area contributed by atoms with Crippen LogP contribution < -0.4 is 24.8 Å². The van der Waals surface area contributed by atoms with Crippen LogP contribution >= 0.6 is 0 Å². The van der Waals surface area contributed by atoms with Gasteiger partial charge >= 0.3 is 26.2 Å². The SMILES string of the molecule is CC=CC=[C-]CCCCCCCCCCCCCCCCCC.CC=CC=[C-]CCCCCCCCCCCCCCCCCC.[Cl-].[Cl-].[Zr+4]. The van der Waals surface area contributed by atoms with E-state index < -0.39 is 0 Å². The maximum atomic E-state index is 3.32. The van der Waals surface area contributed by atoms with Crippen LogP contribution in [0.5, 0.6) is 0 Å². The van der Waals surface area contributed by atoms with Crippen LogP contribution in [0.2, 0.25) is 0 Å². The molecular weight excluding hydrogens is 715 g/mol. The van der Waals surface area contributed by atoms with E-state index in [-0.39, 0.29) is 51.0 Å². The van der Waals surface area contributed by atoms with Crippen LogP contribution in [0.3, 0.4) is 0 Å². The van der Waals surface area contributed by atoms with E-state index in [0.29, 0.717) is 0 Å². The fraction of sp³-hybridized carbons (Fsp3) is 0.826. The molecule has 3 heteroatoms. The van der Waals surface area contributed by atoms with Gasteiger partial charge in [0.1, 0.15) is 0 Å². The third-order valence-corrected chi connectivity index (χ3v) is 9.16. The summed E-state index contributed by atoms with van der Waals surface area (Å²) in [5.41, 5.74) is 0. The molecular formula is C46H86Cl2Zr. The molecule has 0 aromatic carbocycles. The summed E-state index contributed by atoms with van der Waals surface area (Å²) in [5.74, 6) is 0. The quantitative estimate of drug-likeness (QED) is 0.0336. The molecule has 0 radical (unpaired) electrons. The first-order valence-electron chi connectivity index (χ1n) is 21.2. The van der Waals surface area contributed by atoms with Crippen molar-refractivity contribution < 1.29 is 51.0 Å². The predicted molar refractivity (Wildman–Crippen MR) is 214 cm³/mol. The Morgan fingerprint density at radius 2 is 0.490 bits per heavy atom. The van der Waals surface area contributed by atoms with Gasteiger partial charge in [-0.05, 0) is 0 Å². The summed E-state index contributed by atoms with van der Waals surface area (Å²) in [6.45, 7) is 8.69. The maximum Gasteiger partial charge on any atom is 4.00 e. The van der Waals surface area contributed by atoms with Crippen molar-refractivity contribution >= 4 is 0 Å². The summed E-state index contributed by atoms with van der Waals surface area (Å²) in [6.07, 6.45) is 67.3. The van der Waals surface area contributed by atoms with Crippen molar-refractivity contribution in [3.05, 3.63) is 48.6 Å². The van der Waals surface area contributed by atoms with Gasteiger partial charge in [0, 0.05) is 0 Å². The Balaban J connectivity index is -0.000000248. The van der Waals surface area contributed by atoms with E-state index in [0.717, 1.165) is 12.8 Å². The summed E-state index contributed by atoms with van der Waals surface area (Å²) in [4.78, 5) is 0. The molecule has 288 valence electrons. The van der Waals surface area contributed by atoms with Crippen LogP contribution in [0.25, 0.3) is 0 Å². The molecule has 0 N–H and O–H groups in total. The molecule has 0 aliphatic carbocycles. The molecule has 0 aliphatic rings. The van der Waals surface area contributed by atoms with Crippen LogP contribution in [-0.4, -0.2) is 0 Å². The van der Waals surface area contributed by atoms with Crippen LogP contribution in [0.1, 0.15) is 246 Å². The van der Waals surface area contributed by atoms with Gasteiger partial charge in [-0.15, -0.1) is 12.8 Å². The molecule has 0 heterocycles. The molecule has 0 atom stereocenters. The zero-order valence-electron chi connectivity index (χ0n) is 33.8. The Morgan fingerprint density at radius 3 is 0.673 bits per heavy atom. The van der Waals surface area contributed by atoms with Gasteiger partial charge in [-0.2, -0.15) is 12.2 Å². The van der Waals surface area contributed by atoms with Gasteiger partial charge in [0.15, 0.2) is 0 Å². The van der Waals surface area contributed by atoms with E-state index in [1.165, 1.54) is 205 Å². The zero-order chi connectivity index (χ0) is 33.7. The van der Waals surface area contributed by atoms with Crippen LogP contribution in [0.4, 0.5) is 0 Å². The minimum atomic E-state index is 0. The molecule has 0 aliphatic heterocycles. The first-order valence-corrected chi connectivity index (χ1v) is 21.2. The standard InChI is InChI=1S/2C23H43.2ClH.Zr/c2*1-3-5-7-9-11-13-15-17-19-21-23-22-20-18-16-14-12-10-8-6-4-2;;;/h2*3,5,7H,4,6,8,10-23H2,1-2H3;2*1H;/q2*-1;;;+4/p-2. The molecule has 0 aromatic heterocycles. The average molecular weight is 801 g/mol. The fourth-order valence-electron chi connectivity index (χ4n) is 6.05. The number of unbranched alkanes of at least 4 members (excludes halogenated alkanes) is 32. The van der Waals surface area contributed by atoms with Crippen molar-refractivity contribution in [1.82, 2.24) is 0 Å². The molecule has 0 amide bonds. The normalized spacial score (nSPS) is 11.2. The van der Waals surface area contributed by atoms with E-state index in [1.54, 1.807) is 0 Å². The second kappa shape index (κ2) is 60.5. The molecule has 0 aromatic rings. The largest absolute Gasteiger partial charge is 4.00 e. The van der Waals surface area contributed by atoms with Gasteiger partial charge in [0.2, 0.25) is 0 Å². The molecule has 0 saturated heterocycles. The number of hydrogen-bond donors (Lipinski definition) is 0. The van der Waals surface area contributed by atoms with Crippen molar-refractivity contribution in [3.8, 4) is 0 Å². The van der Waals surface area contributed by atoms with Gasteiger partial charge < -0.3 is 24.8 Å². The van der Waals surface area contributed by atoms with Gasteiger partial charge in [-0.25, -0.2) is 24.3 Å². The van der Waals surface area contributed by atoms with E-state index in [4.69, 9.17) is 0 Å². The molecule has 0 fully saturated rings. The third kappa shape index (κ3) is 63.9. The summed E-state index contributed by atoms with van der Waals surface area (Å²) in [5, 5.41) is 0. The molecule has 0 rings (SSSR count). The number of halogens is 2. The van der Waals surface area contributed by atoms with Crippen molar-refractivity contribution in [1.29, 1.82) is 0 Å². The van der Waals surface area contributed by atoms with E-state index in [9.17, 15) is 0 Å². The smallest absolute Gasteiger partial charge is 1.00 e. The molecule has 0 spiro atoms. The number of allylic oxidation sites excluding steroid dienone is 8. The van der Waals surface area contributed by atoms with Crippen LogP contribution in [0, 0.1) is 12.2 Å². The molecule has 0 saturated carbocycles. The molecule has 0 unspecified atom stereocenters. The Labute approximate surface area is 343 Å². The number of hydrogen-bond acceptors (Lipinski definition) is 0. The maximum absolute atomic E-state index is 3.32. The first-order chi connectivity index (χ1) is 22.8. The second-order valence-electron chi connectivity index (χ2n) is 13.9. The molecule has 0 nitrogen and oxygen atoms in total.